The average Bonchev–Trinajstić information content (AvgIpc) is 1.89. The van der Waals surface area contributed by atoms with Gasteiger partial charge in [0.1, 0.15) is 0 Å². The topological polar surface area (TPSA) is 38.7 Å². The minimum absolute atomic E-state index is 0.625. The number of rotatable bonds is 5. The van der Waals surface area contributed by atoms with Crippen molar-refractivity contribution in [3.8, 4) is 0 Å². The molecule has 9 heavy (non-hydrogen) atoms. The number of methoxy groups -OCH3 is 2. The summed E-state index contributed by atoms with van der Waals surface area (Å²) >= 11 is 0. The molecule has 0 aliphatic carbocycles. The third-order valence-electron chi connectivity index (χ3n) is 1.07. The Balaban J connectivity index is 2.88. The number of hydrogen-bond acceptors (Lipinski definition) is 3. The summed E-state index contributed by atoms with van der Waals surface area (Å²) in [6.07, 6.45) is 0.857. The smallest absolute Gasteiger partial charge is 0.154 e. The van der Waals surface area contributed by atoms with Crippen LogP contribution in [0.1, 0.15) is 12.8 Å². The summed E-state index contributed by atoms with van der Waals surface area (Å²) in [4.78, 5) is 0. The van der Waals surface area contributed by atoms with E-state index < -0.39 is 6.29 Å². The predicted octanol–water partition coefficient (Wildman–Crippen LogP) is 0.378. The van der Waals surface area contributed by atoms with Gasteiger partial charge in [-0.25, -0.2) is 0 Å². The van der Waals surface area contributed by atoms with Crippen LogP contribution < -0.4 is 0 Å². The molecule has 0 fully saturated rings. The van der Waals surface area contributed by atoms with Gasteiger partial charge in [-0.3, -0.25) is 0 Å². The van der Waals surface area contributed by atoms with Crippen molar-refractivity contribution >= 4 is 0 Å². The molecular weight excluding hydrogens is 120 g/mol. The molecule has 0 aliphatic rings. The van der Waals surface area contributed by atoms with Crippen LogP contribution >= 0.6 is 0 Å². The molecule has 1 unspecified atom stereocenters. The number of aliphatic hydroxyl groups excluding tert-OH is 1. The van der Waals surface area contributed by atoms with Crippen molar-refractivity contribution in [2.24, 2.45) is 0 Å². The highest BCUT2D eigenvalue weighted by Gasteiger charge is 1.98. The van der Waals surface area contributed by atoms with Crippen molar-refractivity contribution in [3.05, 3.63) is 0 Å². The van der Waals surface area contributed by atoms with Crippen LogP contribution in [0.5, 0.6) is 0 Å². The van der Waals surface area contributed by atoms with Gasteiger partial charge in [-0.2, -0.15) is 0 Å². The van der Waals surface area contributed by atoms with Crippen LogP contribution in [0, 0.1) is 0 Å². The monoisotopic (exact) mass is 134 g/mol. The van der Waals surface area contributed by atoms with Gasteiger partial charge in [0.15, 0.2) is 6.29 Å². The first-order valence-corrected chi connectivity index (χ1v) is 3.01. The van der Waals surface area contributed by atoms with E-state index in [1.54, 1.807) is 7.11 Å². The summed E-state index contributed by atoms with van der Waals surface area (Å²) in [6.45, 7) is 0.681. The van der Waals surface area contributed by atoms with Gasteiger partial charge in [0.05, 0.1) is 0 Å². The SMILES string of the molecule is COCCCC(O)OC. The Morgan fingerprint density at radius 2 is 2.11 bits per heavy atom. The first kappa shape index (κ1) is 8.88. The van der Waals surface area contributed by atoms with E-state index in [4.69, 9.17) is 9.84 Å². The minimum Gasteiger partial charge on any atom is -0.385 e. The van der Waals surface area contributed by atoms with Gasteiger partial charge in [-0.05, 0) is 6.42 Å². The van der Waals surface area contributed by atoms with Crippen molar-refractivity contribution < 1.29 is 14.6 Å². The van der Waals surface area contributed by atoms with Gasteiger partial charge in [0.2, 0.25) is 0 Å². The highest BCUT2D eigenvalue weighted by molar-refractivity contribution is 4.40. The molecule has 3 heteroatoms. The fraction of sp³-hybridized carbons (Fsp3) is 1.00. The van der Waals surface area contributed by atoms with Crippen molar-refractivity contribution in [1.82, 2.24) is 0 Å². The van der Waals surface area contributed by atoms with Crippen LogP contribution in [-0.2, 0) is 9.47 Å². The summed E-state index contributed by atoms with van der Waals surface area (Å²) in [5, 5.41) is 8.81. The van der Waals surface area contributed by atoms with E-state index in [0.29, 0.717) is 13.0 Å². The lowest BCUT2D eigenvalue weighted by Crippen LogP contribution is -2.09. The maximum absolute atomic E-state index is 8.81. The molecule has 0 heterocycles. The van der Waals surface area contributed by atoms with Crippen LogP contribution in [0.3, 0.4) is 0 Å². The Morgan fingerprint density at radius 1 is 1.44 bits per heavy atom. The predicted molar refractivity (Wildman–Crippen MR) is 34.1 cm³/mol. The second-order valence-corrected chi connectivity index (χ2v) is 1.83. The van der Waals surface area contributed by atoms with Crippen molar-refractivity contribution in [2.75, 3.05) is 20.8 Å². The average molecular weight is 134 g/mol. The molecule has 0 aliphatic heterocycles. The zero-order valence-corrected chi connectivity index (χ0v) is 5.96. The molecule has 0 spiro atoms. The summed E-state index contributed by atoms with van der Waals surface area (Å²) in [6, 6.07) is 0. The van der Waals surface area contributed by atoms with Gasteiger partial charge < -0.3 is 14.6 Å². The molecule has 0 bridgehead atoms. The number of ether oxygens (including phenoxy) is 2. The molecule has 3 nitrogen and oxygen atoms in total. The van der Waals surface area contributed by atoms with E-state index in [1.807, 2.05) is 0 Å². The van der Waals surface area contributed by atoms with Crippen LogP contribution in [0.4, 0.5) is 0 Å². The summed E-state index contributed by atoms with van der Waals surface area (Å²) in [7, 11) is 3.12. The van der Waals surface area contributed by atoms with Crippen LogP contribution in [-0.4, -0.2) is 32.2 Å². The third kappa shape index (κ3) is 5.76. The molecule has 0 saturated carbocycles. The van der Waals surface area contributed by atoms with Crippen molar-refractivity contribution in [3.63, 3.8) is 0 Å². The maximum Gasteiger partial charge on any atom is 0.154 e. The molecule has 0 saturated heterocycles. The summed E-state index contributed by atoms with van der Waals surface area (Å²) in [5.41, 5.74) is 0. The molecule has 0 aromatic heterocycles. The van der Waals surface area contributed by atoms with E-state index in [1.165, 1.54) is 7.11 Å². The molecule has 1 atom stereocenters. The fourth-order valence-corrected chi connectivity index (χ4v) is 0.520. The zero-order valence-electron chi connectivity index (χ0n) is 5.96. The van der Waals surface area contributed by atoms with Crippen LogP contribution in [0.2, 0.25) is 0 Å². The quantitative estimate of drug-likeness (QED) is 0.436. The maximum atomic E-state index is 8.81. The second kappa shape index (κ2) is 6.01. The van der Waals surface area contributed by atoms with Crippen LogP contribution in [0.15, 0.2) is 0 Å². The highest BCUT2D eigenvalue weighted by atomic mass is 16.6. The first-order chi connectivity index (χ1) is 4.31. The Morgan fingerprint density at radius 3 is 2.56 bits per heavy atom. The summed E-state index contributed by atoms with van der Waals surface area (Å²) < 4.78 is 9.37. The fourth-order valence-electron chi connectivity index (χ4n) is 0.520. The summed E-state index contributed by atoms with van der Waals surface area (Å²) in [5.74, 6) is 0. The number of aliphatic hydroxyl groups is 1. The molecule has 56 valence electrons. The number of hydrogen-bond donors (Lipinski definition) is 1. The van der Waals surface area contributed by atoms with Gasteiger partial charge in [-0.1, -0.05) is 0 Å². The largest absolute Gasteiger partial charge is 0.385 e. The van der Waals surface area contributed by atoms with E-state index in [-0.39, 0.29) is 0 Å². The molecule has 0 amide bonds. The van der Waals surface area contributed by atoms with Gasteiger partial charge >= 0.3 is 0 Å². The Labute approximate surface area is 55.6 Å². The lowest BCUT2D eigenvalue weighted by Gasteiger charge is -2.06. The second-order valence-electron chi connectivity index (χ2n) is 1.83. The first-order valence-electron chi connectivity index (χ1n) is 3.01. The van der Waals surface area contributed by atoms with E-state index in [2.05, 4.69) is 4.74 Å². The third-order valence-corrected chi connectivity index (χ3v) is 1.07. The zero-order chi connectivity index (χ0) is 7.11. The van der Waals surface area contributed by atoms with Crippen molar-refractivity contribution in [2.45, 2.75) is 19.1 Å². The molecule has 0 aromatic rings. The van der Waals surface area contributed by atoms with Crippen molar-refractivity contribution in [1.29, 1.82) is 0 Å². The van der Waals surface area contributed by atoms with E-state index in [0.717, 1.165) is 6.42 Å². The molecule has 0 radical (unpaired) electrons. The van der Waals surface area contributed by atoms with Crippen LogP contribution in [0.25, 0.3) is 0 Å². The van der Waals surface area contributed by atoms with Gasteiger partial charge in [0, 0.05) is 27.2 Å². The Bertz CT molecular complexity index is 56.3. The van der Waals surface area contributed by atoms with E-state index >= 15 is 0 Å². The molecule has 0 rings (SSSR count). The minimum atomic E-state index is -0.625. The Kier molecular flexibility index (Phi) is 5.93. The molecule has 1 N–H and O–H groups in total. The van der Waals surface area contributed by atoms with E-state index in [9.17, 15) is 0 Å². The van der Waals surface area contributed by atoms with Gasteiger partial charge in [0.25, 0.3) is 0 Å². The lowest BCUT2D eigenvalue weighted by atomic mass is 10.3. The highest BCUT2D eigenvalue weighted by Crippen LogP contribution is 1.96. The van der Waals surface area contributed by atoms with Gasteiger partial charge in [-0.15, -0.1) is 0 Å². The lowest BCUT2D eigenvalue weighted by molar-refractivity contribution is -0.0812. The molecule has 0 aromatic carbocycles. The normalized spacial score (nSPS) is 13.7. The molecular formula is C6H14O3. The Hall–Kier alpha value is -0.120. The standard InChI is InChI=1S/C6H14O3/c1-8-5-3-4-6(7)9-2/h6-7H,3-5H2,1-2H3.